The topological polar surface area (TPSA) is 54.9 Å². The third-order valence-corrected chi connectivity index (χ3v) is 3.50. The Morgan fingerprint density at radius 3 is 3.25 bits per heavy atom. The number of halogens is 1. The van der Waals surface area contributed by atoms with Crippen molar-refractivity contribution in [1.29, 1.82) is 0 Å². The quantitative estimate of drug-likeness (QED) is 0.732. The molecule has 0 fully saturated rings. The molecule has 0 saturated heterocycles. The van der Waals surface area contributed by atoms with Gasteiger partial charge in [0.1, 0.15) is 5.82 Å². The first-order valence-corrected chi connectivity index (χ1v) is 5.89. The van der Waals surface area contributed by atoms with Crippen LogP contribution in [-0.2, 0) is 6.42 Å². The number of carbonyl (C=O) groups excluding carboxylic acids is 1. The Morgan fingerprint density at radius 2 is 2.38 bits per heavy atom. The molecule has 2 aromatic heterocycles. The van der Waals surface area contributed by atoms with Crippen LogP contribution in [0, 0.1) is 0 Å². The molecule has 0 saturated carbocycles. The Labute approximate surface area is 100 Å². The Hall–Kier alpha value is -1.46. The van der Waals surface area contributed by atoms with Crippen LogP contribution < -0.4 is 5.32 Å². The lowest BCUT2D eigenvalue weighted by molar-refractivity contribution is 0.0998. The number of fused-ring (bicyclic) bond motifs is 2. The maximum atomic E-state index is 11.9. The number of hydrogen-bond donors (Lipinski definition) is 1. The van der Waals surface area contributed by atoms with Crippen molar-refractivity contribution in [3.05, 3.63) is 33.4 Å². The zero-order valence-corrected chi connectivity index (χ0v) is 9.60. The van der Waals surface area contributed by atoms with Crippen LogP contribution in [0.2, 0.25) is 5.28 Å². The first-order valence-electron chi connectivity index (χ1n) is 4.63. The summed E-state index contributed by atoms with van der Waals surface area (Å²) in [4.78, 5) is 20.6. The van der Waals surface area contributed by atoms with Crippen molar-refractivity contribution >= 4 is 40.2 Å². The normalized spacial score (nSPS) is 13.7. The molecule has 3 heterocycles. The van der Waals surface area contributed by atoms with Gasteiger partial charge in [-0.15, -0.1) is 11.3 Å². The van der Waals surface area contributed by atoms with E-state index in [0.29, 0.717) is 12.2 Å². The molecule has 16 heavy (non-hydrogen) atoms. The minimum Gasteiger partial charge on any atom is -0.339 e. The Balaban J connectivity index is 2.17. The van der Waals surface area contributed by atoms with E-state index in [1.54, 1.807) is 6.20 Å². The van der Waals surface area contributed by atoms with Gasteiger partial charge in [-0.3, -0.25) is 4.79 Å². The number of aromatic nitrogens is 2. The minimum absolute atomic E-state index is 0.0853. The molecular weight excluding hydrogens is 246 g/mol. The summed E-state index contributed by atoms with van der Waals surface area (Å²) in [6.45, 7) is 0. The van der Waals surface area contributed by atoms with Crippen LogP contribution in [-0.4, -0.2) is 15.8 Å². The van der Waals surface area contributed by atoms with Gasteiger partial charge in [-0.25, -0.2) is 9.97 Å². The maximum Gasteiger partial charge on any atom is 0.224 e. The SMILES string of the molecule is O=C1Cc2cnc(Cl)nc2Nc2ccsc21. The standard InChI is InChI=1S/C10H6ClN3OS/c11-10-12-4-5-3-7(15)8-6(1-2-16-8)13-9(5)14-10/h1-2,4H,3H2,(H,12,13,14). The van der Waals surface area contributed by atoms with Crippen LogP contribution >= 0.6 is 22.9 Å². The molecule has 3 rings (SSSR count). The van der Waals surface area contributed by atoms with Gasteiger partial charge >= 0.3 is 0 Å². The van der Waals surface area contributed by atoms with Crippen molar-refractivity contribution in [1.82, 2.24) is 9.97 Å². The number of rotatable bonds is 0. The summed E-state index contributed by atoms with van der Waals surface area (Å²) < 4.78 is 0. The number of hydrogen-bond acceptors (Lipinski definition) is 5. The van der Waals surface area contributed by atoms with E-state index in [9.17, 15) is 4.79 Å². The second kappa shape index (κ2) is 3.54. The number of nitrogens with zero attached hydrogens (tertiary/aromatic N) is 2. The molecule has 0 aromatic carbocycles. The number of thiophene rings is 1. The fourth-order valence-corrected chi connectivity index (χ4v) is 2.55. The summed E-state index contributed by atoms with van der Waals surface area (Å²) in [6, 6.07) is 1.86. The van der Waals surface area contributed by atoms with E-state index in [4.69, 9.17) is 11.6 Å². The molecule has 0 atom stereocenters. The Morgan fingerprint density at radius 1 is 1.50 bits per heavy atom. The van der Waals surface area contributed by atoms with Gasteiger partial charge in [0.05, 0.1) is 10.6 Å². The molecule has 0 aliphatic carbocycles. The van der Waals surface area contributed by atoms with Crippen LogP contribution in [0.5, 0.6) is 0 Å². The van der Waals surface area contributed by atoms with Crippen molar-refractivity contribution < 1.29 is 4.79 Å². The fourth-order valence-electron chi connectivity index (χ4n) is 1.63. The number of carbonyl (C=O) groups is 1. The lowest BCUT2D eigenvalue weighted by Crippen LogP contribution is -2.01. The Kier molecular flexibility index (Phi) is 2.15. The molecule has 0 spiro atoms. The molecule has 0 radical (unpaired) electrons. The fraction of sp³-hybridized carbons (Fsp3) is 0.100. The lowest BCUT2D eigenvalue weighted by atomic mass is 10.1. The number of nitrogens with one attached hydrogen (secondary N) is 1. The van der Waals surface area contributed by atoms with E-state index in [-0.39, 0.29) is 11.1 Å². The molecular formula is C10H6ClN3OS. The summed E-state index contributed by atoms with van der Waals surface area (Å²) >= 11 is 7.15. The van der Waals surface area contributed by atoms with Gasteiger partial charge in [-0.1, -0.05) is 0 Å². The van der Waals surface area contributed by atoms with E-state index in [1.165, 1.54) is 11.3 Å². The molecule has 0 amide bonds. The van der Waals surface area contributed by atoms with Gasteiger partial charge in [0.15, 0.2) is 5.78 Å². The van der Waals surface area contributed by atoms with Crippen LogP contribution in [0.25, 0.3) is 0 Å². The van der Waals surface area contributed by atoms with E-state index >= 15 is 0 Å². The number of ketones is 1. The van der Waals surface area contributed by atoms with Crippen molar-refractivity contribution in [3.8, 4) is 0 Å². The third-order valence-electron chi connectivity index (χ3n) is 2.36. The molecule has 4 nitrogen and oxygen atoms in total. The monoisotopic (exact) mass is 251 g/mol. The molecule has 6 heteroatoms. The number of anilines is 2. The average Bonchev–Trinajstić information content (AvgIpc) is 2.65. The average molecular weight is 252 g/mol. The van der Waals surface area contributed by atoms with Crippen molar-refractivity contribution in [3.63, 3.8) is 0 Å². The van der Waals surface area contributed by atoms with Gasteiger partial charge in [0, 0.05) is 18.2 Å². The first kappa shape index (κ1) is 9.74. The molecule has 1 N–H and O–H groups in total. The second-order valence-electron chi connectivity index (χ2n) is 3.40. The van der Waals surface area contributed by atoms with Crippen molar-refractivity contribution in [2.75, 3.05) is 5.32 Å². The molecule has 2 aromatic rings. The van der Waals surface area contributed by atoms with Gasteiger partial charge < -0.3 is 5.32 Å². The van der Waals surface area contributed by atoms with Crippen LogP contribution in [0.15, 0.2) is 17.6 Å². The highest BCUT2D eigenvalue weighted by molar-refractivity contribution is 7.12. The molecule has 0 unspecified atom stereocenters. The highest BCUT2D eigenvalue weighted by atomic mass is 35.5. The van der Waals surface area contributed by atoms with Gasteiger partial charge in [0.25, 0.3) is 0 Å². The predicted molar refractivity (Wildman–Crippen MR) is 62.7 cm³/mol. The van der Waals surface area contributed by atoms with Crippen molar-refractivity contribution in [2.24, 2.45) is 0 Å². The molecule has 1 aliphatic rings. The van der Waals surface area contributed by atoms with Crippen LogP contribution in [0.4, 0.5) is 11.5 Å². The highest BCUT2D eigenvalue weighted by Crippen LogP contribution is 2.32. The van der Waals surface area contributed by atoms with E-state index < -0.39 is 0 Å². The van der Waals surface area contributed by atoms with E-state index in [0.717, 1.165) is 16.1 Å². The lowest BCUT2D eigenvalue weighted by Gasteiger charge is -2.04. The summed E-state index contributed by atoms with van der Waals surface area (Å²) in [7, 11) is 0. The van der Waals surface area contributed by atoms with E-state index in [1.807, 2.05) is 11.4 Å². The van der Waals surface area contributed by atoms with Crippen LogP contribution in [0.1, 0.15) is 15.2 Å². The van der Waals surface area contributed by atoms with Gasteiger partial charge in [-0.05, 0) is 23.0 Å². The summed E-state index contributed by atoms with van der Waals surface area (Å²) in [5.41, 5.74) is 1.57. The predicted octanol–water partition coefficient (Wildman–Crippen LogP) is 2.67. The number of Topliss-reactive ketones (excluding diaryl/α,β-unsaturated/α-hetero) is 1. The highest BCUT2D eigenvalue weighted by Gasteiger charge is 2.21. The molecule has 0 bridgehead atoms. The van der Waals surface area contributed by atoms with Crippen molar-refractivity contribution in [2.45, 2.75) is 6.42 Å². The first-order chi connectivity index (χ1) is 7.74. The zero-order valence-electron chi connectivity index (χ0n) is 8.03. The zero-order chi connectivity index (χ0) is 11.1. The van der Waals surface area contributed by atoms with Crippen LogP contribution in [0.3, 0.4) is 0 Å². The minimum atomic E-state index is 0.0853. The smallest absolute Gasteiger partial charge is 0.224 e. The second-order valence-corrected chi connectivity index (χ2v) is 4.66. The summed E-state index contributed by atoms with van der Waals surface area (Å²) in [6.07, 6.45) is 1.90. The van der Waals surface area contributed by atoms with Gasteiger partial charge in [-0.2, -0.15) is 0 Å². The van der Waals surface area contributed by atoms with Gasteiger partial charge in [0.2, 0.25) is 5.28 Å². The maximum absolute atomic E-state index is 11.9. The summed E-state index contributed by atoms with van der Waals surface area (Å²) in [5, 5.41) is 5.16. The van der Waals surface area contributed by atoms with E-state index in [2.05, 4.69) is 15.3 Å². The summed E-state index contributed by atoms with van der Waals surface area (Å²) in [5.74, 6) is 0.702. The largest absolute Gasteiger partial charge is 0.339 e. The molecule has 80 valence electrons. The Bertz CT molecular complexity index is 581. The molecule has 1 aliphatic heterocycles. The third kappa shape index (κ3) is 1.48.